The Morgan fingerprint density at radius 2 is 0.417 bits per heavy atom. The molecule has 18 heteroatoms. The normalized spacial score (nSPS) is 9.50. The van der Waals surface area contributed by atoms with Gasteiger partial charge in [0.05, 0.1) is 0 Å². The fraction of sp³-hybridized carbons (Fsp3) is 0. The van der Waals surface area contributed by atoms with Crippen molar-refractivity contribution in [1.82, 2.24) is 0 Å². The van der Waals surface area contributed by atoms with Crippen LogP contribution in [0.2, 0.25) is 0 Å². The van der Waals surface area contributed by atoms with Crippen molar-refractivity contribution in [2.45, 2.75) is 0 Å². The van der Waals surface area contributed by atoms with Gasteiger partial charge in [0.15, 0.2) is 0 Å². The molecule has 1 rings (SSSR count). The zero-order valence-electron chi connectivity index (χ0n) is 10.5. The summed E-state index contributed by atoms with van der Waals surface area (Å²) in [7, 11) is -18.0. The third-order valence-electron chi connectivity index (χ3n) is 0.667. The summed E-state index contributed by atoms with van der Waals surface area (Å²) in [6.45, 7) is 0. The summed E-state index contributed by atoms with van der Waals surface area (Å²) >= 11 is 0. The third kappa shape index (κ3) is 241. The van der Waals surface area contributed by atoms with Crippen LogP contribution in [0.25, 0.3) is 0 Å². The van der Waals surface area contributed by atoms with Gasteiger partial charge < -0.3 is 51.8 Å². The van der Waals surface area contributed by atoms with E-state index in [0.717, 1.165) is 0 Å². The molecular formula is C6H9B3BrF13K-3. The first kappa shape index (κ1) is 39.6. The van der Waals surface area contributed by atoms with Crippen molar-refractivity contribution in [3.05, 3.63) is 36.4 Å². The maximum absolute atomic E-state index is 9.75. The summed E-state index contributed by atoms with van der Waals surface area (Å²) in [6.07, 6.45) is 0. The Hall–Kier alpha value is 0.621. The summed E-state index contributed by atoms with van der Waals surface area (Å²) in [6, 6.07) is 12.0. The quantitative estimate of drug-likeness (QED) is 0.332. The van der Waals surface area contributed by atoms with E-state index >= 15 is 0 Å². The molecule has 0 aliphatic carbocycles. The molecule has 0 saturated carbocycles. The minimum atomic E-state index is -6.00. The van der Waals surface area contributed by atoms with Crippen LogP contribution >= 0.6 is 17.0 Å². The van der Waals surface area contributed by atoms with Crippen LogP contribution in [-0.2, 0) is 0 Å². The Balaban J connectivity index is -0.0000000434. The van der Waals surface area contributed by atoms with Crippen molar-refractivity contribution in [2.75, 3.05) is 0 Å². The monoisotopic (exact) mass is 479 g/mol. The van der Waals surface area contributed by atoms with Crippen LogP contribution in [0.1, 0.15) is 0 Å². The van der Waals surface area contributed by atoms with Gasteiger partial charge in [0, 0.05) is 0 Å². The molecule has 0 aliphatic heterocycles. The summed E-state index contributed by atoms with van der Waals surface area (Å²) in [4.78, 5) is 0. The first-order chi connectivity index (χ1) is 9.00. The van der Waals surface area contributed by atoms with Crippen molar-refractivity contribution in [3.63, 3.8) is 0 Å². The second-order valence-corrected chi connectivity index (χ2v) is 2.64. The van der Waals surface area contributed by atoms with E-state index in [2.05, 4.69) is 0 Å². The van der Waals surface area contributed by atoms with E-state index in [1.807, 2.05) is 36.4 Å². The Morgan fingerprint density at radius 3 is 0.458 bits per heavy atom. The van der Waals surface area contributed by atoms with E-state index < -0.39 is 21.8 Å². The van der Waals surface area contributed by atoms with Crippen LogP contribution in [0.5, 0.6) is 0 Å². The molecule has 0 N–H and O–H groups in total. The maximum atomic E-state index is 9.75. The van der Waals surface area contributed by atoms with Crippen LogP contribution in [0.4, 0.5) is 56.5 Å². The van der Waals surface area contributed by atoms with Gasteiger partial charge in [-0.05, 0) is 0 Å². The Kier molecular flexibility index (Phi) is 32.9. The Morgan fingerprint density at radius 1 is 0.375 bits per heavy atom. The van der Waals surface area contributed by atoms with Crippen LogP contribution in [0.3, 0.4) is 0 Å². The fourth-order valence-electron chi connectivity index (χ4n) is 0.385. The molecule has 0 aromatic heterocycles. The van der Waals surface area contributed by atoms with Gasteiger partial charge in [-0.1, -0.05) is 36.4 Å². The maximum Gasteiger partial charge on any atom is -0.0623 e. The smallest absolute Gasteiger partial charge is 0.0623 e. The molecule has 0 bridgehead atoms. The molecule has 1 aromatic carbocycles. The van der Waals surface area contributed by atoms with E-state index in [9.17, 15) is 51.8 Å². The summed E-state index contributed by atoms with van der Waals surface area (Å²) in [5.41, 5.74) is 0. The standard InChI is InChI=1S/C6H6.3BF4.BrH.FH.K.H/c1-2-4-6-5-3-1;3*2-1(3,4)5;;;;/h1-6H;;;;2*1H;;/q;3*-1;;;;. The van der Waals surface area contributed by atoms with Crippen molar-refractivity contribution in [1.29, 1.82) is 0 Å². The third-order valence-corrected chi connectivity index (χ3v) is 0.667. The molecule has 0 spiro atoms. The van der Waals surface area contributed by atoms with E-state index in [1.54, 1.807) is 0 Å². The zero-order valence-corrected chi connectivity index (χ0v) is 12.3. The van der Waals surface area contributed by atoms with E-state index in [-0.39, 0.29) is 73.1 Å². The molecule has 0 atom stereocenters. The van der Waals surface area contributed by atoms with Gasteiger partial charge in [0.1, 0.15) is 0 Å². The number of halogens is 14. The first-order valence-corrected chi connectivity index (χ1v) is 4.62. The largest absolute Gasteiger partial charge is 0.0623 e. The minimum Gasteiger partial charge on any atom is -0.0623 e. The molecule has 0 heterocycles. The summed E-state index contributed by atoms with van der Waals surface area (Å²) < 4.78 is 117. The second-order valence-electron chi connectivity index (χ2n) is 2.64. The van der Waals surface area contributed by atoms with E-state index in [1.165, 1.54) is 0 Å². The average Bonchev–Trinajstić information content (AvgIpc) is 2.12. The summed E-state index contributed by atoms with van der Waals surface area (Å²) in [5, 5.41) is 0. The molecule has 24 heavy (non-hydrogen) atoms. The molecule has 0 aliphatic rings. The molecule has 0 radical (unpaired) electrons. The zero-order chi connectivity index (χ0) is 17.7. The first-order valence-electron chi connectivity index (χ1n) is 4.62. The molecule has 0 fully saturated rings. The topological polar surface area (TPSA) is 0 Å². The SMILES string of the molecule is Br.F.F[B-](F)(F)F.F[B-](F)(F)F.F[B-](F)(F)F.[KH].c1ccccc1. The number of benzene rings is 1. The minimum absolute atomic E-state index is 0. The van der Waals surface area contributed by atoms with Gasteiger partial charge in [0.25, 0.3) is 0 Å². The van der Waals surface area contributed by atoms with Gasteiger partial charge in [-0.25, -0.2) is 0 Å². The average molecular weight is 480 g/mol. The number of hydrogen-bond acceptors (Lipinski definition) is 0. The second kappa shape index (κ2) is 19.9. The van der Waals surface area contributed by atoms with Gasteiger partial charge in [-0.15, -0.1) is 17.0 Å². The van der Waals surface area contributed by atoms with Crippen LogP contribution in [0, 0.1) is 0 Å². The van der Waals surface area contributed by atoms with Crippen LogP contribution in [0.15, 0.2) is 36.4 Å². The van der Waals surface area contributed by atoms with E-state index in [4.69, 9.17) is 0 Å². The Labute approximate surface area is 181 Å². The van der Waals surface area contributed by atoms with E-state index in [0.29, 0.717) is 0 Å². The number of rotatable bonds is 0. The predicted octanol–water partition coefficient (Wildman–Crippen LogP) is 5.67. The van der Waals surface area contributed by atoms with Crippen molar-refractivity contribution < 1.29 is 56.5 Å². The van der Waals surface area contributed by atoms with Crippen molar-refractivity contribution >= 4 is 90.1 Å². The molecule has 144 valence electrons. The number of hydrogen-bond donors (Lipinski definition) is 0. The molecule has 0 saturated heterocycles. The van der Waals surface area contributed by atoms with Gasteiger partial charge >= 0.3 is 73.1 Å². The van der Waals surface area contributed by atoms with Gasteiger partial charge in [0.2, 0.25) is 0 Å². The molecule has 0 amide bonds. The molecule has 0 unspecified atom stereocenters. The van der Waals surface area contributed by atoms with Crippen molar-refractivity contribution in [2.24, 2.45) is 0 Å². The van der Waals surface area contributed by atoms with Crippen LogP contribution in [-0.4, -0.2) is 73.1 Å². The van der Waals surface area contributed by atoms with Gasteiger partial charge in [-0.3, -0.25) is 4.70 Å². The molecule has 0 nitrogen and oxygen atoms in total. The molecular weight excluding hydrogens is 470 g/mol. The van der Waals surface area contributed by atoms with Crippen molar-refractivity contribution in [3.8, 4) is 0 Å². The molecule has 1 aromatic rings. The fourth-order valence-corrected chi connectivity index (χ4v) is 0.385. The summed E-state index contributed by atoms with van der Waals surface area (Å²) in [5.74, 6) is 0. The van der Waals surface area contributed by atoms with Gasteiger partial charge in [-0.2, -0.15) is 0 Å². The Bertz CT molecular complexity index is 256. The predicted molar refractivity (Wildman–Crippen MR) is 77.0 cm³/mol. The van der Waals surface area contributed by atoms with Crippen LogP contribution < -0.4 is 0 Å².